The minimum Gasteiger partial charge on any atom is -0.391 e. The second kappa shape index (κ2) is 5.50. The van der Waals surface area contributed by atoms with Gasteiger partial charge in [0.15, 0.2) is 0 Å². The van der Waals surface area contributed by atoms with Crippen molar-refractivity contribution in [3.63, 3.8) is 0 Å². The zero-order valence-corrected chi connectivity index (χ0v) is 11.1. The van der Waals surface area contributed by atoms with Crippen LogP contribution >= 0.6 is 22.9 Å². The predicted octanol–water partition coefficient (Wildman–Crippen LogP) is 3.14. The largest absolute Gasteiger partial charge is 0.391 e. The monoisotopic (exact) mass is 259 g/mol. The molecule has 0 spiro atoms. The van der Waals surface area contributed by atoms with Crippen LogP contribution in [0.2, 0.25) is 4.34 Å². The molecule has 2 atom stereocenters. The summed E-state index contributed by atoms with van der Waals surface area (Å²) in [6, 6.07) is 4.32. The molecule has 1 N–H and O–H groups in total. The first-order valence-corrected chi connectivity index (χ1v) is 6.99. The molecule has 1 aromatic rings. The third-order valence-electron chi connectivity index (χ3n) is 3.29. The molecule has 2 unspecified atom stereocenters. The maximum Gasteiger partial charge on any atom is 0.0931 e. The van der Waals surface area contributed by atoms with Gasteiger partial charge in [0.1, 0.15) is 0 Å². The zero-order valence-electron chi connectivity index (χ0n) is 9.53. The highest BCUT2D eigenvalue weighted by molar-refractivity contribution is 7.16. The molecule has 0 aliphatic heterocycles. The molecular weight excluding hydrogens is 242 g/mol. The maximum atomic E-state index is 9.96. The van der Waals surface area contributed by atoms with Gasteiger partial charge in [-0.2, -0.15) is 0 Å². The lowest BCUT2D eigenvalue weighted by atomic mass is 9.91. The second-order valence-electron chi connectivity index (χ2n) is 4.54. The van der Waals surface area contributed by atoms with E-state index in [4.69, 9.17) is 11.6 Å². The molecular formula is C12H18ClNOS. The molecule has 2 nitrogen and oxygen atoms in total. The van der Waals surface area contributed by atoms with E-state index in [0.29, 0.717) is 6.04 Å². The molecule has 0 amide bonds. The number of likely N-dealkylation sites (N-methyl/N-ethyl adjacent to an activating group) is 1. The number of thiophene rings is 1. The highest BCUT2D eigenvalue weighted by Crippen LogP contribution is 2.26. The van der Waals surface area contributed by atoms with Crippen LogP contribution in [0.25, 0.3) is 0 Å². The molecule has 2 rings (SSSR count). The first-order valence-electron chi connectivity index (χ1n) is 5.79. The molecule has 1 aliphatic rings. The Labute approximate surface area is 106 Å². The van der Waals surface area contributed by atoms with Gasteiger partial charge in [-0.25, -0.2) is 0 Å². The average Bonchev–Trinajstić information content (AvgIpc) is 2.64. The molecule has 1 aliphatic carbocycles. The van der Waals surface area contributed by atoms with Gasteiger partial charge in [0.05, 0.1) is 10.4 Å². The summed E-state index contributed by atoms with van der Waals surface area (Å²) in [5.74, 6) is 0. The minimum absolute atomic E-state index is 0.158. The maximum absolute atomic E-state index is 9.96. The molecule has 0 saturated heterocycles. The SMILES string of the molecule is CN(Cc1ccc(Cl)s1)C1CCCCC1O. The second-order valence-corrected chi connectivity index (χ2v) is 6.34. The van der Waals surface area contributed by atoms with E-state index in [-0.39, 0.29) is 6.10 Å². The lowest BCUT2D eigenvalue weighted by Crippen LogP contribution is -2.42. The third kappa shape index (κ3) is 2.98. The van der Waals surface area contributed by atoms with Crippen LogP contribution in [0.4, 0.5) is 0 Å². The van der Waals surface area contributed by atoms with Crippen molar-refractivity contribution < 1.29 is 5.11 Å². The van der Waals surface area contributed by atoms with Gasteiger partial charge in [-0.1, -0.05) is 24.4 Å². The van der Waals surface area contributed by atoms with Crippen molar-refractivity contribution in [2.75, 3.05) is 7.05 Å². The normalized spacial score (nSPS) is 26.2. The van der Waals surface area contributed by atoms with E-state index in [9.17, 15) is 5.11 Å². The fourth-order valence-electron chi connectivity index (χ4n) is 2.41. The van der Waals surface area contributed by atoms with Crippen molar-refractivity contribution in [3.8, 4) is 0 Å². The zero-order chi connectivity index (χ0) is 11.5. The Bertz CT molecular complexity index is 342. The van der Waals surface area contributed by atoms with E-state index in [1.807, 2.05) is 6.07 Å². The summed E-state index contributed by atoms with van der Waals surface area (Å²) in [5, 5.41) is 9.96. The van der Waals surface area contributed by atoms with Gasteiger partial charge < -0.3 is 5.11 Å². The summed E-state index contributed by atoms with van der Waals surface area (Å²) in [6.07, 6.45) is 4.29. The minimum atomic E-state index is -0.158. The number of aliphatic hydroxyl groups is 1. The van der Waals surface area contributed by atoms with E-state index < -0.39 is 0 Å². The van der Waals surface area contributed by atoms with Crippen LogP contribution in [-0.2, 0) is 6.54 Å². The molecule has 0 radical (unpaired) electrons. The third-order valence-corrected chi connectivity index (χ3v) is 4.51. The number of hydrogen-bond acceptors (Lipinski definition) is 3. The first-order chi connectivity index (χ1) is 7.66. The number of aliphatic hydroxyl groups excluding tert-OH is 1. The van der Waals surface area contributed by atoms with Crippen LogP contribution in [0, 0.1) is 0 Å². The lowest BCUT2D eigenvalue weighted by molar-refractivity contribution is 0.0292. The van der Waals surface area contributed by atoms with Crippen molar-refractivity contribution in [1.82, 2.24) is 4.90 Å². The van der Waals surface area contributed by atoms with Gasteiger partial charge in [0, 0.05) is 17.5 Å². The predicted molar refractivity (Wildman–Crippen MR) is 69.1 cm³/mol. The fourth-order valence-corrected chi connectivity index (χ4v) is 3.56. The Kier molecular flexibility index (Phi) is 4.25. The first kappa shape index (κ1) is 12.4. The highest BCUT2D eigenvalue weighted by atomic mass is 35.5. The van der Waals surface area contributed by atoms with Crippen LogP contribution < -0.4 is 0 Å². The molecule has 4 heteroatoms. The Morgan fingerprint density at radius 1 is 1.44 bits per heavy atom. The molecule has 16 heavy (non-hydrogen) atoms. The molecule has 1 saturated carbocycles. The quantitative estimate of drug-likeness (QED) is 0.902. The smallest absolute Gasteiger partial charge is 0.0931 e. The molecule has 1 aromatic heterocycles. The standard InChI is InChI=1S/C12H18ClNOS/c1-14(8-9-6-7-12(13)16-9)10-4-2-3-5-11(10)15/h6-7,10-11,15H,2-5,8H2,1H3. The van der Waals surface area contributed by atoms with Crippen LogP contribution in [0.15, 0.2) is 12.1 Å². The van der Waals surface area contributed by atoms with Gasteiger partial charge in [-0.3, -0.25) is 4.90 Å². The van der Waals surface area contributed by atoms with Crippen molar-refractivity contribution in [2.45, 2.75) is 44.4 Å². The lowest BCUT2D eigenvalue weighted by Gasteiger charge is -2.34. The Balaban J connectivity index is 1.93. The van der Waals surface area contributed by atoms with Gasteiger partial charge in [-0.15, -0.1) is 11.3 Å². The van der Waals surface area contributed by atoms with Crippen molar-refractivity contribution in [3.05, 3.63) is 21.3 Å². The Morgan fingerprint density at radius 3 is 2.81 bits per heavy atom. The summed E-state index contributed by atoms with van der Waals surface area (Å²) in [5.41, 5.74) is 0. The molecule has 1 heterocycles. The van der Waals surface area contributed by atoms with E-state index in [1.54, 1.807) is 11.3 Å². The Hall–Kier alpha value is -0.0900. The Morgan fingerprint density at radius 2 is 2.19 bits per heavy atom. The van der Waals surface area contributed by atoms with Crippen molar-refractivity contribution >= 4 is 22.9 Å². The van der Waals surface area contributed by atoms with E-state index in [0.717, 1.165) is 30.1 Å². The van der Waals surface area contributed by atoms with Crippen molar-refractivity contribution in [2.24, 2.45) is 0 Å². The number of halogens is 1. The topological polar surface area (TPSA) is 23.5 Å². The van der Waals surface area contributed by atoms with Gasteiger partial charge >= 0.3 is 0 Å². The van der Waals surface area contributed by atoms with E-state index in [2.05, 4.69) is 18.0 Å². The van der Waals surface area contributed by atoms with Crippen LogP contribution in [0.1, 0.15) is 30.6 Å². The molecule has 0 bridgehead atoms. The summed E-state index contributed by atoms with van der Waals surface area (Å²) in [4.78, 5) is 3.52. The number of nitrogens with zero attached hydrogens (tertiary/aromatic N) is 1. The summed E-state index contributed by atoms with van der Waals surface area (Å²) < 4.78 is 0.840. The van der Waals surface area contributed by atoms with E-state index in [1.165, 1.54) is 11.3 Å². The molecule has 1 fully saturated rings. The van der Waals surface area contributed by atoms with Crippen LogP contribution in [0.5, 0.6) is 0 Å². The van der Waals surface area contributed by atoms with Gasteiger partial charge in [0.2, 0.25) is 0 Å². The summed E-state index contributed by atoms with van der Waals surface area (Å²) >= 11 is 7.53. The van der Waals surface area contributed by atoms with Crippen LogP contribution in [0.3, 0.4) is 0 Å². The van der Waals surface area contributed by atoms with E-state index >= 15 is 0 Å². The van der Waals surface area contributed by atoms with Crippen LogP contribution in [-0.4, -0.2) is 29.2 Å². The number of hydrogen-bond donors (Lipinski definition) is 1. The highest BCUT2D eigenvalue weighted by Gasteiger charge is 2.26. The van der Waals surface area contributed by atoms with Crippen molar-refractivity contribution in [1.29, 1.82) is 0 Å². The average molecular weight is 260 g/mol. The summed E-state index contributed by atoms with van der Waals surface area (Å²) in [6.45, 7) is 0.888. The van der Waals surface area contributed by atoms with Gasteiger partial charge in [-0.05, 0) is 32.0 Å². The molecule has 0 aromatic carbocycles. The number of rotatable bonds is 3. The van der Waals surface area contributed by atoms with Gasteiger partial charge in [0.25, 0.3) is 0 Å². The molecule has 90 valence electrons. The fraction of sp³-hybridized carbons (Fsp3) is 0.667. The summed E-state index contributed by atoms with van der Waals surface area (Å²) in [7, 11) is 2.09.